The van der Waals surface area contributed by atoms with Crippen molar-refractivity contribution < 1.29 is 48.9 Å². The number of aliphatic carboxylic acids is 1. The Labute approximate surface area is 353 Å². The summed E-state index contributed by atoms with van der Waals surface area (Å²) in [7, 11) is 0. The molecule has 0 unspecified atom stereocenters. The van der Waals surface area contributed by atoms with Gasteiger partial charge < -0.3 is 58.3 Å². The molecule has 0 aliphatic carbocycles. The van der Waals surface area contributed by atoms with Gasteiger partial charge in [-0.15, -0.1) is 0 Å². The van der Waals surface area contributed by atoms with Crippen LogP contribution in [0, 0.1) is 0 Å². The quantitative estimate of drug-likeness (QED) is 0.0586. The first-order chi connectivity index (χ1) is 29.1. The second-order valence-electron chi connectivity index (χ2n) is 15.0. The number of phenolic OH excluding ortho intramolecular Hbond substituents is 2. The summed E-state index contributed by atoms with van der Waals surface area (Å²) in [6, 6.07) is 14.2. The summed E-state index contributed by atoms with van der Waals surface area (Å²) in [6.07, 6.45) is 2.06. The van der Waals surface area contributed by atoms with E-state index in [1.807, 2.05) is 0 Å². The van der Waals surface area contributed by atoms with E-state index < -0.39 is 84.2 Å². The van der Waals surface area contributed by atoms with Gasteiger partial charge in [-0.05, 0) is 92.9 Å². The van der Waals surface area contributed by atoms with Gasteiger partial charge in [0, 0.05) is 19.4 Å². The molecule has 12 N–H and O–H groups in total. The fourth-order valence-corrected chi connectivity index (χ4v) is 6.85. The third-order valence-electron chi connectivity index (χ3n) is 10.2. The first-order valence-corrected chi connectivity index (χ1v) is 20.2. The van der Waals surface area contributed by atoms with Crippen molar-refractivity contribution in [2.45, 2.75) is 94.5 Å². The van der Waals surface area contributed by atoms with E-state index in [0.29, 0.717) is 42.5 Å². The maximum Gasteiger partial charge on any atom is 0.326 e. The highest BCUT2D eigenvalue weighted by Crippen LogP contribution is 2.21. The van der Waals surface area contributed by atoms with Crippen LogP contribution in [0.3, 0.4) is 0 Å². The van der Waals surface area contributed by atoms with E-state index in [-0.39, 0.29) is 50.1 Å². The molecule has 3 aromatic rings. The third kappa shape index (κ3) is 14.9. The summed E-state index contributed by atoms with van der Waals surface area (Å²) in [6.45, 7) is 1.36. The minimum Gasteiger partial charge on any atom is -0.508 e. The number of hydrogen-bond acceptors (Lipinski definition) is 11. The van der Waals surface area contributed by atoms with Crippen molar-refractivity contribution in [3.63, 3.8) is 0 Å². The number of nitrogens with zero attached hydrogens (tertiary/aromatic N) is 1. The number of rotatable bonds is 22. The molecule has 18 nitrogen and oxygen atoms in total. The molecule has 1 aliphatic rings. The van der Waals surface area contributed by atoms with Gasteiger partial charge in [-0.2, -0.15) is 0 Å². The SMILES string of the molecule is C[C@@H](NC(=O)[C@@H](N)Cc1ccc(O)cc1)C(=O)N[C@@H](Cc1ccccc1)C(=O)NCC(=O)N[C@@H](Cc1ccc(O)cc1)C(=O)N1CCC[C@H]1C(=O)N[C@@H](CCCCN)C(=O)O. The molecule has 0 saturated carbocycles. The highest BCUT2D eigenvalue weighted by molar-refractivity contribution is 5.96. The largest absolute Gasteiger partial charge is 0.508 e. The predicted molar refractivity (Wildman–Crippen MR) is 223 cm³/mol. The Morgan fingerprint density at radius 2 is 1.30 bits per heavy atom. The molecule has 0 spiro atoms. The highest BCUT2D eigenvalue weighted by Gasteiger charge is 2.39. The molecule has 1 aliphatic heterocycles. The van der Waals surface area contributed by atoms with Crippen LogP contribution in [-0.2, 0) is 52.8 Å². The number of hydrogen-bond donors (Lipinski definition) is 10. The van der Waals surface area contributed by atoms with Crippen molar-refractivity contribution >= 4 is 41.4 Å². The number of nitrogens with one attached hydrogen (secondary N) is 5. The third-order valence-corrected chi connectivity index (χ3v) is 10.2. The van der Waals surface area contributed by atoms with Crippen LogP contribution in [0.5, 0.6) is 11.5 Å². The number of benzene rings is 3. The van der Waals surface area contributed by atoms with E-state index in [1.54, 1.807) is 54.6 Å². The van der Waals surface area contributed by atoms with E-state index in [4.69, 9.17) is 11.5 Å². The molecule has 61 heavy (non-hydrogen) atoms. The van der Waals surface area contributed by atoms with Crippen LogP contribution in [0.4, 0.5) is 0 Å². The van der Waals surface area contributed by atoms with E-state index in [1.165, 1.54) is 36.1 Å². The van der Waals surface area contributed by atoms with Gasteiger partial charge in [-0.25, -0.2) is 4.79 Å². The van der Waals surface area contributed by atoms with Crippen molar-refractivity contribution in [1.29, 1.82) is 0 Å². The fraction of sp³-hybridized carbons (Fsp3) is 0.419. The molecule has 18 heteroatoms. The van der Waals surface area contributed by atoms with Crippen LogP contribution in [0.1, 0.15) is 55.7 Å². The van der Waals surface area contributed by atoms with E-state index in [2.05, 4.69) is 26.6 Å². The van der Waals surface area contributed by atoms with Gasteiger partial charge in [0.2, 0.25) is 35.4 Å². The van der Waals surface area contributed by atoms with Crippen LogP contribution < -0.4 is 38.1 Å². The zero-order chi connectivity index (χ0) is 44.5. The van der Waals surface area contributed by atoms with Gasteiger partial charge in [0.05, 0.1) is 12.6 Å². The Hall–Kier alpha value is -6.53. The maximum absolute atomic E-state index is 14.1. The van der Waals surface area contributed by atoms with Crippen LogP contribution in [0.15, 0.2) is 78.9 Å². The summed E-state index contributed by atoms with van der Waals surface area (Å²) in [5, 5.41) is 42.0. The lowest BCUT2D eigenvalue weighted by Gasteiger charge is -2.29. The van der Waals surface area contributed by atoms with Gasteiger partial charge in [0.15, 0.2) is 0 Å². The van der Waals surface area contributed by atoms with Gasteiger partial charge in [-0.3, -0.25) is 28.8 Å². The summed E-state index contributed by atoms with van der Waals surface area (Å²) in [4.78, 5) is 94.0. The van der Waals surface area contributed by atoms with Gasteiger partial charge in [-0.1, -0.05) is 54.6 Å². The molecule has 6 amide bonds. The number of nitrogens with two attached hydrogens (primary N) is 2. The molecule has 328 valence electrons. The number of carbonyl (C=O) groups excluding carboxylic acids is 6. The Balaban J connectivity index is 1.42. The lowest BCUT2D eigenvalue weighted by atomic mass is 10.0. The van der Waals surface area contributed by atoms with E-state index in [0.717, 1.165) is 0 Å². The average Bonchev–Trinajstić information content (AvgIpc) is 3.74. The molecule has 1 heterocycles. The van der Waals surface area contributed by atoms with E-state index >= 15 is 0 Å². The molecule has 3 aromatic carbocycles. The average molecular weight is 845 g/mol. The molecule has 1 saturated heterocycles. The Kier molecular flexibility index (Phi) is 18.0. The van der Waals surface area contributed by atoms with Crippen molar-refractivity contribution in [1.82, 2.24) is 31.5 Å². The first-order valence-electron chi connectivity index (χ1n) is 20.2. The highest BCUT2D eigenvalue weighted by atomic mass is 16.4. The zero-order valence-electron chi connectivity index (χ0n) is 34.0. The molecule has 0 radical (unpaired) electrons. The van der Waals surface area contributed by atoms with Gasteiger partial charge in [0.1, 0.15) is 41.7 Å². The Morgan fingerprint density at radius 1 is 0.705 bits per heavy atom. The van der Waals surface area contributed by atoms with Crippen LogP contribution in [0.2, 0.25) is 0 Å². The van der Waals surface area contributed by atoms with Gasteiger partial charge >= 0.3 is 5.97 Å². The minimum atomic E-state index is -1.23. The number of likely N-dealkylation sites (tertiary alicyclic amines) is 1. The molecule has 0 bridgehead atoms. The molecule has 6 atom stereocenters. The molecule has 1 fully saturated rings. The molecular formula is C43H56N8O10. The lowest BCUT2D eigenvalue weighted by Crippen LogP contribution is -2.57. The topological polar surface area (TPSA) is 296 Å². The van der Waals surface area contributed by atoms with Crippen LogP contribution in [-0.4, -0.2) is 118 Å². The zero-order valence-corrected chi connectivity index (χ0v) is 34.0. The summed E-state index contributed by atoms with van der Waals surface area (Å²) in [5.74, 6) is -5.20. The Bertz CT molecular complexity index is 1970. The normalized spacial score (nSPS) is 15.9. The summed E-state index contributed by atoms with van der Waals surface area (Å²) < 4.78 is 0. The summed E-state index contributed by atoms with van der Waals surface area (Å²) >= 11 is 0. The summed E-state index contributed by atoms with van der Waals surface area (Å²) in [5.41, 5.74) is 13.6. The first kappa shape index (κ1) is 47.2. The predicted octanol–water partition coefficient (Wildman–Crippen LogP) is -0.267. The molecule has 4 rings (SSSR count). The second kappa shape index (κ2) is 23.3. The number of amides is 6. The van der Waals surface area contributed by atoms with Crippen molar-refractivity contribution in [2.24, 2.45) is 11.5 Å². The number of carboxylic acids is 1. The molecule has 0 aromatic heterocycles. The number of phenols is 2. The number of aromatic hydroxyl groups is 2. The fourth-order valence-electron chi connectivity index (χ4n) is 6.85. The van der Waals surface area contributed by atoms with Crippen molar-refractivity contribution in [3.05, 3.63) is 95.6 Å². The standard InChI is InChI=1S/C43H56N8O10/c1-26(47-39(56)32(45)22-28-12-16-30(52)17-13-28)38(55)50-34(23-27-8-3-2-4-9-27)40(57)46-25-37(54)48-35(24-29-14-18-31(53)19-15-29)42(59)51-21-7-11-36(51)41(58)49-33(43(60)61)10-5-6-20-44/h2-4,8-9,12-19,26,32-36,52-53H,5-7,10-11,20-25,44-45H2,1H3,(H,46,57)(H,47,56)(H,48,54)(H,49,58)(H,50,55)(H,60,61)/t26-,32+,33+,34+,35+,36+/m1/s1. The smallest absolute Gasteiger partial charge is 0.326 e. The van der Waals surface area contributed by atoms with Gasteiger partial charge in [0.25, 0.3) is 0 Å². The second-order valence-corrected chi connectivity index (χ2v) is 15.0. The lowest BCUT2D eigenvalue weighted by molar-refractivity contribution is -0.145. The number of carbonyl (C=O) groups is 7. The van der Waals surface area contributed by atoms with Crippen molar-refractivity contribution in [3.8, 4) is 11.5 Å². The number of carboxylic acid groups (broad SMARTS) is 1. The van der Waals surface area contributed by atoms with E-state index in [9.17, 15) is 48.9 Å². The van der Waals surface area contributed by atoms with Crippen LogP contribution in [0.25, 0.3) is 0 Å². The minimum absolute atomic E-state index is 0.0165. The monoisotopic (exact) mass is 844 g/mol. The van der Waals surface area contributed by atoms with Crippen molar-refractivity contribution in [2.75, 3.05) is 19.6 Å². The Morgan fingerprint density at radius 3 is 1.90 bits per heavy atom. The molecular weight excluding hydrogens is 789 g/mol. The number of unbranched alkanes of at least 4 members (excludes halogenated alkanes) is 1. The van der Waals surface area contributed by atoms with Crippen LogP contribution >= 0.6 is 0 Å². The maximum atomic E-state index is 14.1.